The Kier molecular flexibility index (Phi) is 10.7. The van der Waals surface area contributed by atoms with Crippen LogP contribution in [0.4, 0.5) is 4.39 Å². The first-order valence-electron chi connectivity index (χ1n) is 12.7. The second-order valence-corrected chi connectivity index (χ2v) is 12.3. The van der Waals surface area contributed by atoms with Crippen LogP contribution in [0.1, 0.15) is 55.5 Å². The SMILES string of the molecule is CCCN(CC(=O)N(Cc1ccc(F)cc1)C1CCN(C(=O)c2ccc(Br)cc2)CC1)S(=O)(=O)CCC. The van der Waals surface area contributed by atoms with E-state index in [1.807, 2.05) is 19.1 Å². The zero-order valence-electron chi connectivity index (χ0n) is 21.4. The van der Waals surface area contributed by atoms with Gasteiger partial charge in [-0.15, -0.1) is 0 Å². The fourth-order valence-corrected chi connectivity index (χ4v) is 6.36. The Balaban J connectivity index is 1.76. The molecule has 0 saturated carbocycles. The van der Waals surface area contributed by atoms with Crippen molar-refractivity contribution in [2.24, 2.45) is 0 Å². The summed E-state index contributed by atoms with van der Waals surface area (Å²) in [6.45, 7) is 4.95. The van der Waals surface area contributed by atoms with E-state index in [0.717, 1.165) is 10.0 Å². The largest absolute Gasteiger partial charge is 0.338 e. The normalized spacial score (nSPS) is 14.7. The van der Waals surface area contributed by atoms with Gasteiger partial charge in [0.25, 0.3) is 5.91 Å². The van der Waals surface area contributed by atoms with Crippen molar-refractivity contribution in [3.63, 3.8) is 0 Å². The lowest BCUT2D eigenvalue weighted by atomic mass is 10.0. The number of hydrogen-bond acceptors (Lipinski definition) is 4. The third kappa shape index (κ3) is 8.09. The molecule has 7 nitrogen and oxygen atoms in total. The van der Waals surface area contributed by atoms with Crippen LogP contribution in [0.3, 0.4) is 0 Å². The Morgan fingerprint density at radius 1 is 1.00 bits per heavy atom. The van der Waals surface area contributed by atoms with Gasteiger partial charge in [-0.1, -0.05) is 41.9 Å². The second-order valence-electron chi connectivity index (χ2n) is 9.33. The van der Waals surface area contributed by atoms with Gasteiger partial charge in [0.05, 0.1) is 12.3 Å². The average molecular weight is 597 g/mol. The maximum Gasteiger partial charge on any atom is 0.253 e. The first-order valence-corrected chi connectivity index (χ1v) is 15.1. The number of likely N-dealkylation sites (tertiary alicyclic amines) is 1. The zero-order valence-corrected chi connectivity index (χ0v) is 23.8. The van der Waals surface area contributed by atoms with Crippen LogP contribution in [0.15, 0.2) is 53.0 Å². The minimum absolute atomic E-state index is 0.00516. The van der Waals surface area contributed by atoms with Crippen LogP contribution in [0.2, 0.25) is 0 Å². The van der Waals surface area contributed by atoms with Crippen LogP contribution in [-0.2, 0) is 21.4 Å². The van der Waals surface area contributed by atoms with Crippen molar-refractivity contribution in [2.45, 2.75) is 52.1 Å². The van der Waals surface area contributed by atoms with Gasteiger partial charge >= 0.3 is 0 Å². The molecule has 37 heavy (non-hydrogen) atoms. The summed E-state index contributed by atoms with van der Waals surface area (Å²) < 4.78 is 41.2. The molecule has 1 saturated heterocycles. The highest BCUT2D eigenvalue weighted by molar-refractivity contribution is 9.10. The van der Waals surface area contributed by atoms with Crippen LogP contribution in [-0.4, -0.2) is 72.3 Å². The topological polar surface area (TPSA) is 78.0 Å². The number of benzene rings is 2. The highest BCUT2D eigenvalue weighted by atomic mass is 79.9. The van der Waals surface area contributed by atoms with Crippen molar-refractivity contribution in [2.75, 3.05) is 31.9 Å². The molecule has 202 valence electrons. The zero-order chi connectivity index (χ0) is 27.0. The molecule has 0 N–H and O–H groups in total. The van der Waals surface area contributed by atoms with E-state index < -0.39 is 10.0 Å². The number of nitrogens with zero attached hydrogens (tertiary/aromatic N) is 3. The van der Waals surface area contributed by atoms with E-state index in [9.17, 15) is 22.4 Å². The predicted octanol–water partition coefficient (Wildman–Crippen LogP) is 4.67. The van der Waals surface area contributed by atoms with Crippen LogP contribution in [0.5, 0.6) is 0 Å². The molecule has 0 bridgehead atoms. The van der Waals surface area contributed by atoms with Crippen molar-refractivity contribution in [1.29, 1.82) is 0 Å². The van der Waals surface area contributed by atoms with E-state index in [4.69, 9.17) is 0 Å². The van der Waals surface area contributed by atoms with Gasteiger partial charge in [-0.25, -0.2) is 12.8 Å². The summed E-state index contributed by atoms with van der Waals surface area (Å²) in [5, 5.41) is 0. The number of sulfonamides is 1. The van der Waals surface area contributed by atoms with E-state index in [1.165, 1.54) is 16.4 Å². The maximum atomic E-state index is 13.6. The first-order chi connectivity index (χ1) is 17.6. The third-order valence-electron chi connectivity index (χ3n) is 6.51. The smallest absolute Gasteiger partial charge is 0.253 e. The summed E-state index contributed by atoms with van der Waals surface area (Å²) in [5.41, 5.74) is 1.37. The van der Waals surface area contributed by atoms with Gasteiger partial charge in [-0.3, -0.25) is 9.59 Å². The number of rotatable bonds is 11. The first kappa shape index (κ1) is 29.3. The molecular formula is C27H35BrFN3O4S. The quantitative estimate of drug-likeness (QED) is 0.378. The van der Waals surface area contributed by atoms with Gasteiger partial charge in [0.1, 0.15) is 5.82 Å². The van der Waals surface area contributed by atoms with Gasteiger partial charge in [0.2, 0.25) is 15.9 Å². The number of halogens is 2. The van der Waals surface area contributed by atoms with Gasteiger partial charge in [0.15, 0.2) is 0 Å². The van der Waals surface area contributed by atoms with Gasteiger partial charge in [0, 0.05) is 42.3 Å². The standard InChI is InChI=1S/C27H35BrFN3O4S/c1-3-15-31(37(35,36)18-4-2)20-26(33)32(19-21-5-11-24(29)12-6-21)25-13-16-30(17-14-25)27(34)22-7-9-23(28)10-8-22/h5-12,25H,3-4,13-20H2,1-2H3. The molecule has 1 fully saturated rings. The van der Waals surface area contributed by atoms with Gasteiger partial charge in [-0.2, -0.15) is 4.31 Å². The lowest BCUT2D eigenvalue weighted by Crippen LogP contribution is -2.51. The summed E-state index contributed by atoms with van der Waals surface area (Å²) in [4.78, 5) is 30.0. The second kappa shape index (κ2) is 13.5. The van der Waals surface area contributed by atoms with Crippen LogP contribution in [0, 0.1) is 5.82 Å². The van der Waals surface area contributed by atoms with Crippen molar-refractivity contribution < 1.29 is 22.4 Å². The fraction of sp³-hybridized carbons (Fsp3) is 0.481. The monoisotopic (exact) mass is 595 g/mol. The predicted molar refractivity (Wildman–Crippen MR) is 146 cm³/mol. The maximum absolute atomic E-state index is 13.6. The molecule has 1 heterocycles. The molecule has 0 aromatic heterocycles. The Morgan fingerprint density at radius 2 is 1.62 bits per heavy atom. The molecule has 0 aliphatic carbocycles. The molecule has 1 aliphatic heterocycles. The third-order valence-corrected chi connectivity index (χ3v) is 9.06. The molecular weight excluding hydrogens is 561 g/mol. The molecule has 2 aromatic rings. The molecule has 0 unspecified atom stereocenters. The summed E-state index contributed by atoms with van der Waals surface area (Å²) in [6, 6.07) is 13.0. The highest BCUT2D eigenvalue weighted by Crippen LogP contribution is 2.22. The number of carbonyl (C=O) groups excluding carboxylic acids is 2. The minimum atomic E-state index is -3.55. The molecule has 1 aliphatic rings. The minimum Gasteiger partial charge on any atom is -0.338 e. The Labute approximate surface area is 227 Å². The van der Waals surface area contributed by atoms with Crippen molar-refractivity contribution in [3.8, 4) is 0 Å². The van der Waals surface area contributed by atoms with E-state index in [1.54, 1.807) is 41.0 Å². The van der Waals surface area contributed by atoms with Crippen molar-refractivity contribution in [1.82, 2.24) is 14.1 Å². The summed E-state index contributed by atoms with van der Waals surface area (Å²) in [6.07, 6.45) is 2.22. The van der Waals surface area contributed by atoms with E-state index in [0.29, 0.717) is 44.3 Å². The molecule has 10 heteroatoms. The molecule has 3 rings (SSSR count). The van der Waals surface area contributed by atoms with Gasteiger partial charge in [-0.05, 0) is 67.6 Å². The van der Waals surface area contributed by atoms with Crippen LogP contribution < -0.4 is 0 Å². The van der Waals surface area contributed by atoms with Crippen LogP contribution in [0.25, 0.3) is 0 Å². The van der Waals surface area contributed by atoms with E-state index in [-0.39, 0.29) is 49.1 Å². The van der Waals surface area contributed by atoms with Crippen LogP contribution >= 0.6 is 15.9 Å². The van der Waals surface area contributed by atoms with Crippen molar-refractivity contribution in [3.05, 3.63) is 69.9 Å². The summed E-state index contributed by atoms with van der Waals surface area (Å²) in [5.74, 6) is -0.701. The Hall–Kier alpha value is -2.30. The summed E-state index contributed by atoms with van der Waals surface area (Å²) in [7, 11) is -3.55. The lowest BCUT2D eigenvalue weighted by molar-refractivity contribution is -0.135. The van der Waals surface area contributed by atoms with Gasteiger partial charge < -0.3 is 9.80 Å². The number of carbonyl (C=O) groups is 2. The number of amides is 2. The number of piperidine rings is 1. The molecule has 0 spiro atoms. The van der Waals surface area contributed by atoms with Crippen molar-refractivity contribution >= 4 is 37.8 Å². The Bertz CT molecular complexity index is 1150. The summed E-state index contributed by atoms with van der Waals surface area (Å²) >= 11 is 3.38. The fourth-order valence-electron chi connectivity index (χ4n) is 4.56. The molecule has 2 aromatic carbocycles. The highest BCUT2D eigenvalue weighted by Gasteiger charge is 2.32. The van der Waals surface area contributed by atoms with E-state index >= 15 is 0 Å². The molecule has 0 atom stereocenters. The number of hydrogen-bond donors (Lipinski definition) is 0. The Morgan fingerprint density at radius 3 is 2.19 bits per heavy atom. The van der Waals surface area contributed by atoms with E-state index in [2.05, 4.69) is 15.9 Å². The molecule has 2 amide bonds. The average Bonchev–Trinajstić information content (AvgIpc) is 2.88. The lowest BCUT2D eigenvalue weighted by Gasteiger charge is -2.39. The molecule has 0 radical (unpaired) electrons.